The van der Waals surface area contributed by atoms with Crippen LogP contribution >= 0.6 is 0 Å². The summed E-state index contributed by atoms with van der Waals surface area (Å²) in [6.45, 7) is 6.61. The molecule has 1 saturated heterocycles. The van der Waals surface area contributed by atoms with E-state index in [0.29, 0.717) is 18.7 Å². The minimum Gasteiger partial charge on any atom is -0.444 e. The number of rotatable bonds is 2. The van der Waals surface area contributed by atoms with E-state index < -0.39 is 11.6 Å². The zero-order valence-electron chi connectivity index (χ0n) is 12.8. The van der Waals surface area contributed by atoms with Gasteiger partial charge >= 0.3 is 6.09 Å². The van der Waals surface area contributed by atoms with Gasteiger partial charge in [-0.3, -0.25) is 0 Å². The third-order valence-corrected chi connectivity index (χ3v) is 3.65. The zero-order chi connectivity index (χ0) is 15.6. The second-order valence-corrected chi connectivity index (χ2v) is 6.52. The molecule has 0 spiro atoms. The smallest absolute Gasteiger partial charge is 0.410 e. The van der Waals surface area contributed by atoms with Gasteiger partial charge in [0.2, 0.25) is 0 Å². The van der Waals surface area contributed by atoms with Crippen molar-refractivity contribution in [3.8, 4) is 0 Å². The quantitative estimate of drug-likeness (QED) is 0.912. The van der Waals surface area contributed by atoms with Gasteiger partial charge in [0.15, 0.2) is 0 Å². The molecule has 2 unspecified atom stereocenters. The monoisotopic (exact) mass is 294 g/mol. The number of amides is 1. The van der Waals surface area contributed by atoms with Crippen LogP contribution in [-0.4, -0.2) is 29.7 Å². The Labute approximate surface area is 125 Å². The van der Waals surface area contributed by atoms with Gasteiger partial charge in [0.25, 0.3) is 0 Å². The van der Waals surface area contributed by atoms with Crippen LogP contribution in [0.1, 0.15) is 38.8 Å². The summed E-state index contributed by atoms with van der Waals surface area (Å²) in [6, 6.07) is 6.14. The Kier molecular flexibility index (Phi) is 4.52. The Bertz CT molecular complexity index is 513. The fourth-order valence-corrected chi connectivity index (χ4v) is 2.57. The molecule has 0 aromatic heterocycles. The lowest BCUT2D eigenvalue weighted by atomic mass is 9.93. The number of nitrogens with two attached hydrogens (primary N) is 1. The lowest BCUT2D eigenvalue weighted by molar-refractivity contribution is 0.0286. The van der Waals surface area contributed by atoms with E-state index in [1.165, 1.54) is 6.07 Å². The van der Waals surface area contributed by atoms with Crippen molar-refractivity contribution in [2.24, 2.45) is 11.7 Å². The van der Waals surface area contributed by atoms with Gasteiger partial charge in [0.1, 0.15) is 11.4 Å². The number of hydrogen-bond donors (Lipinski definition) is 1. The average molecular weight is 294 g/mol. The normalized spacial score (nSPS) is 20.4. The van der Waals surface area contributed by atoms with Crippen molar-refractivity contribution < 1.29 is 13.9 Å². The summed E-state index contributed by atoms with van der Waals surface area (Å²) < 4.78 is 19.1. The first-order chi connectivity index (χ1) is 9.78. The van der Waals surface area contributed by atoms with Gasteiger partial charge in [-0.2, -0.15) is 0 Å². The SMILES string of the molecule is CC(C)(C)OC(=O)N1CCC(C(N)c2ccccc2F)C1. The van der Waals surface area contributed by atoms with Gasteiger partial charge in [0.05, 0.1) is 0 Å². The highest BCUT2D eigenvalue weighted by atomic mass is 19.1. The number of ether oxygens (including phenoxy) is 1. The molecule has 1 aliphatic heterocycles. The fraction of sp³-hybridized carbons (Fsp3) is 0.562. The average Bonchev–Trinajstić information content (AvgIpc) is 2.86. The van der Waals surface area contributed by atoms with Crippen LogP contribution in [-0.2, 0) is 4.74 Å². The van der Waals surface area contributed by atoms with Crippen molar-refractivity contribution >= 4 is 6.09 Å². The van der Waals surface area contributed by atoms with Crippen molar-refractivity contribution in [1.29, 1.82) is 0 Å². The van der Waals surface area contributed by atoms with E-state index >= 15 is 0 Å². The van der Waals surface area contributed by atoms with Crippen molar-refractivity contribution in [3.63, 3.8) is 0 Å². The molecular weight excluding hydrogens is 271 g/mol. The molecule has 116 valence electrons. The summed E-state index contributed by atoms with van der Waals surface area (Å²) in [5.41, 5.74) is 6.17. The molecule has 5 heteroatoms. The van der Waals surface area contributed by atoms with Gasteiger partial charge in [-0.1, -0.05) is 18.2 Å². The molecule has 4 nitrogen and oxygen atoms in total. The Morgan fingerprint density at radius 1 is 1.43 bits per heavy atom. The van der Waals surface area contributed by atoms with Crippen LogP contribution in [0.15, 0.2) is 24.3 Å². The summed E-state index contributed by atoms with van der Waals surface area (Å²) in [7, 11) is 0. The van der Waals surface area contributed by atoms with E-state index in [2.05, 4.69) is 0 Å². The highest BCUT2D eigenvalue weighted by molar-refractivity contribution is 5.68. The van der Waals surface area contributed by atoms with Gasteiger partial charge < -0.3 is 15.4 Å². The van der Waals surface area contributed by atoms with E-state index in [0.717, 1.165) is 6.42 Å². The van der Waals surface area contributed by atoms with E-state index in [1.807, 2.05) is 20.8 Å². The number of nitrogens with zero attached hydrogens (tertiary/aromatic N) is 1. The third-order valence-electron chi connectivity index (χ3n) is 3.65. The second-order valence-electron chi connectivity index (χ2n) is 6.52. The van der Waals surface area contributed by atoms with E-state index in [9.17, 15) is 9.18 Å². The lowest BCUT2D eigenvalue weighted by Gasteiger charge is -2.25. The van der Waals surface area contributed by atoms with Crippen LogP contribution in [0.3, 0.4) is 0 Å². The molecule has 0 bridgehead atoms. The highest BCUT2D eigenvalue weighted by Crippen LogP contribution is 2.30. The summed E-state index contributed by atoms with van der Waals surface area (Å²) >= 11 is 0. The molecule has 1 aromatic rings. The molecule has 1 aliphatic rings. The molecule has 2 atom stereocenters. The minimum absolute atomic E-state index is 0.0504. The molecule has 1 heterocycles. The number of carbonyl (C=O) groups is 1. The van der Waals surface area contributed by atoms with Crippen molar-refractivity contribution in [2.45, 2.75) is 38.8 Å². The molecule has 1 fully saturated rings. The van der Waals surface area contributed by atoms with Gasteiger partial charge in [-0.05, 0) is 39.2 Å². The maximum atomic E-state index is 13.8. The fourth-order valence-electron chi connectivity index (χ4n) is 2.57. The molecule has 0 saturated carbocycles. The lowest BCUT2D eigenvalue weighted by Crippen LogP contribution is -2.36. The predicted molar refractivity (Wildman–Crippen MR) is 79.2 cm³/mol. The summed E-state index contributed by atoms with van der Waals surface area (Å²) in [6.07, 6.45) is 0.431. The van der Waals surface area contributed by atoms with Gasteiger partial charge in [-0.15, -0.1) is 0 Å². The first-order valence-electron chi connectivity index (χ1n) is 7.26. The Hall–Kier alpha value is -1.62. The van der Waals surface area contributed by atoms with Crippen LogP contribution < -0.4 is 5.73 Å². The molecule has 1 amide bonds. The highest BCUT2D eigenvalue weighted by Gasteiger charge is 2.33. The summed E-state index contributed by atoms with van der Waals surface area (Å²) in [4.78, 5) is 13.7. The van der Waals surface area contributed by atoms with E-state index in [4.69, 9.17) is 10.5 Å². The van der Waals surface area contributed by atoms with E-state index in [-0.39, 0.29) is 17.8 Å². The van der Waals surface area contributed by atoms with Gasteiger partial charge in [-0.25, -0.2) is 9.18 Å². The molecule has 1 aromatic carbocycles. The van der Waals surface area contributed by atoms with Crippen LogP contribution in [0, 0.1) is 11.7 Å². The molecule has 2 N–H and O–H groups in total. The largest absolute Gasteiger partial charge is 0.444 e. The van der Waals surface area contributed by atoms with Crippen molar-refractivity contribution in [2.75, 3.05) is 13.1 Å². The van der Waals surface area contributed by atoms with Crippen LogP contribution in [0.5, 0.6) is 0 Å². The van der Waals surface area contributed by atoms with E-state index in [1.54, 1.807) is 23.1 Å². The number of hydrogen-bond acceptors (Lipinski definition) is 3. The van der Waals surface area contributed by atoms with Crippen LogP contribution in [0.25, 0.3) is 0 Å². The number of likely N-dealkylation sites (tertiary alicyclic amines) is 1. The number of benzene rings is 1. The molecule has 21 heavy (non-hydrogen) atoms. The molecule has 2 rings (SSSR count). The zero-order valence-corrected chi connectivity index (χ0v) is 12.8. The topological polar surface area (TPSA) is 55.6 Å². The first kappa shape index (κ1) is 15.8. The Balaban J connectivity index is 1.99. The van der Waals surface area contributed by atoms with Crippen LogP contribution in [0.4, 0.5) is 9.18 Å². The summed E-state index contributed by atoms with van der Waals surface area (Å²) in [5, 5.41) is 0. The standard InChI is InChI=1S/C16H23FN2O2/c1-16(2,3)21-15(20)19-9-8-11(10-19)14(18)12-6-4-5-7-13(12)17/h4-7,11,14H,8-10,18H2,1-3H3. The molecule has 0 radical (unpaired) electrons. The Morgan fingerprint density at radius 2 is 2.10 bits per heavy atom. The summed E-state index contributed by atoms with van der Waals surface area (Å²) in [5.74, 6) is -0.241. The Morgan fingerprint density at radius 3 is 2.71 bits per heavy atom. The maximum absolute atomic E-state index is 13.8. The molecule has 0 aliphatic carbocycles. The maximum Gasteiger partial charge on any atom is 0.410 e. The molecular formula is C16H23FN2O2. The second kappa shape index (κ2) is 6.02. The first-order valence-corrected chi connectivity index (χ1v) is 7.26. The minimum atomic E-state index is -0.511. The number of halogens is 1. The van der Waals surface area contributed by atoms with Crippen molar-refractivity contribution in [3.05, 3.63) is 35.6 Å². The number of carbonyl (C=O) groups excluding carboxylic acids is 1. The van der Waals surface area contributed by atoms with Crippen LogP contribution in [0.2, 0.25) is 0 Å². The van der Waals surface area contributed by atoms with Gasteiger partial charge in [0, 0.05) is 24.7 Å². The third kappa shape index (κ3) is 3.94. The van der Waals surface area contributed by atoms with Crippen molar-refractivity contribution in [1.82, 2.24) is 4.90 Å². The predicted octanol–water partition coefficient (Wildman–Crippen LogP) is 3.08.